The minimum Gasteiger partial charge on any atom is -0.462 e. The van der Waals surface area contributed by atoms with Crippen LogP contribution in [0.15, 0.2) is 24.3 Å². The van der Waals surface area contributed by atoms with Gasteiger partial charge in [-0.2, -0.15) is 8.42 Å². The first kappa shape index (κ1) is 62.1. The number of hydrogen-bond acceptors (Lipinski definition) is 11. The van der Waals surface area contributed by atoms with E-state index in [1.807, 2.05) is 0 Å². The predicted molar refractivity (Wildman–Crippen MR) is 266 cm³/mol. The molecule has 1 heterocycles. The molecular formula is C53H98O12S. The van der Waals surface area contributed by atoms with Gasteiger partial charge in [0.2, 0.25) is 0 Å². The molecule has 1 rings (SSSR count). The van der Waals surface area contributed by atoms with Crippen molar-refractivity contribution >= 4 is 22.1 Å². The van der Waals surface area contributed by atoms with Crippen LogP contribution in [0.3, 0.4) is 0 Å². The quantitative estimate of drug-likeness (QED) is 0.0196. The standard InChI is InChI=1S/C53H98O12S/c1-3-5-7-9-11-13-15-17-19-20-21-22-23-24-25-26-28-29-31-33-35-37-39-41-48(54)62-43-46(44-63-53-52(58)51(57)50(56)47(65-53)45-66(59,60)61)64-49(55)42-40-38-36-34-32-30-27-18-16-14-12-10-8-6-4-2/h32-35,46-47,50-53,56-58H,3-31,36-45H2,1-2H3,(H,59,60,61)/b34-32+,35-33+/t46-,47-,50-,51?,52?,53+/m1/s1. The van der Waals surface area contributed by atoms with Crippen LogP contribution >= 0.6 is 0 Å². The summed E-state index contributed by atoms with van der Waals surface area (Å²) in [6.07, 6.45) is 41.0. The minimum atomic E-state index is -4.61. The molecule has 4 N–H and O–H groups in total. The third-order valence-electron chi connectivity index (χ3n) is 12.5. The highest BCUT2D eigenvalue weighted by Crippen LogP contribution is 2.24. The Balaban J connectivity index is 2.34. The van der Waals surface area contributed by atoms with Gasteiger partial charge in [-0.1, -0.05) is 199 Å². The monoisotopic (exact) mass is 959 g/mol. The largest absolute Gasteiger partial charge is 0.462 e. The lowest BCUT2D eigenvalue weighted by molar-refractivity contribution is -0.297. The van der Waals surface area contributed by atoms with E-state index in [4.69, 9.17) is 18.9 Å². The Kier molecular flexibility index (Phi) is 40.7. The van der Waals surface area contributed by atoms with Crippen molar-refractivity contribution in [3.63, 3.8) is 0 Å². The summed E-state index contributed by atoms with van der Waals surface area (Å²) in [7, 11) is -4.61. The number of aliphatic hydroxyl groups excluding tert-OH is 3. The molecule has 2 unspecified atom stereocenters. The maximum absolute atomic E-state index is 12.8. The smallest absolute Gasteiger partial charge is 0.306 e. The summed E-state index contributed by atoms with van der Waals surface area (Å²) in [4.78, 5) is 25.5. The molecular weight excluding hydrogens is 861 g/mol. The van der Waals surface area contributed by atoms with Crippen molar-refractivity contribution in [3.8, 4) is 0 Å². The van der Waals surface area contributed by atoms with Crippen LogP contribution in [0.1, 0.15) is 245 Å². The molecule has 0 aromatic rings. The topological polar surface area (TPSA) is 186 Å². The fourth-order valence-electron chi connectivity index (χ4n) is 8.32. The van der Waals surface area contributed by atoms with E-state index in [0.717, 1.165) is 32.1 Å². The number of aliphatic hydroxyl groups is 3. The second-order valence-corrected chi connectivity index (χ2v) is 20.4. The van der Waals surface area contributed by atoms with Crippen molar-refractivity contribution in [2.45, 2.75) is 282 Å². The van der Waals surface area contributed by atoms with E-state index in [1.165, 1.54) is 173 Å². The summed E-state index contributed by atoms with van der Waals surface area (Å²) >= 11 is 0. The third-order valence-corrected chi connectivity index (χ3v) is 13.3. The number of hydrogen-bond donors (Lipinski definition) is 4. The van der Waals surface area contributed by atoms with E-state index in [2.05, 4.69) is 38.2 Å². The summed E-state index contributed by atoms with van der Waals surface area (Å²) in [6, 6.07) is 0. The van der Waals surface area contributed by atoms with Gasteiger partial charge in [0.1, 0.15) is 36.8 Å². The normalized spacial score (nSPS) is 19.5. The highest BCUT2D eigenvalue weighted by Gasteiger charge is 2.46. The molecule has 66 heavy (non-hydrogen) atoms. The fraction of sp³-hybridized carbons (Fsp3) is 0.887. The lowest BCUT2D eigenvalue weighted by atomic mass is 10.00. The first-order chi connectivity index (χ1) is 32.0. The van der Waals surface area contributed by atoms with E-state index < -0.39 is 71.2 Å². The van der Waals surface area contributed by atoms with Crippen molar-refractivity contribution in [3.05, 3.63) is 24.3 Å². The Hall–Kier alpha value is -1.87. The Morgan fingerprint density at radius 2 is 0.879 bits per heavy atom. The second-order valence-electron chi connectivity index (χ2n) is 18.9. The van der Waals surface area contributed by atoms with E-state index in [1.54, 1.807) is 0 Å². The van der Waals surface area contributed by atoms with Gasteiger partial charge in [-0.15, -0.1) is 0 Å². The lowest BCUT2D eigenvalue weighted by Crippen LogP contribution is -2.60. The molecule has 0 saturated carbocycles. The van der Waals surface area contributed by atoms with Gasteiger partial charge in [0.05, 0.1) is 6.61 Å². The Bertz CT molecular complexity index is 1310. The molecule has 0 aliphatic carbocycles. The Morgan fingerprint density at radius 3 is 1.30 bits per heavy atom. The third kappa shape index (κ3) is 37.1. The average molecular weight is 959 g/mol. The van der Waals surface area contributed by atoms with Crippen molar-refractivity contribution in [2.75, 3.05) is 19.0 Å². The fourth-order valence-corrected chi connectivity index (χ4v) is 9.02. The Labute approximate surface area is 402 Å². The summed E-state index contributed by atoms with van der Waals surface area (Å²) in [6.45, 7) is 3.76. The van der Waals surface area contributed by atoms with Crippen molar-refractivity contribution < 1.29 is 56.8 Å². The molecule has 0 radical (unpaired) electrons. The number of esters is 2. The maximum Gasteiger partial charge on any atom is 0.306 e. The highest BCUT2D eigenvalue weighted by atomic mass is 32.2. The lowest BCUT2D eigenvalue weighted by Gasteiger charge is -2.40. The number of carbonyl (C=O) groups is 2. The summed E-state index contributed by atoms with van der Waals surface area (Å²) in [5.74, 6) is -2.04. The van der Waals surface area contributed by atoms with Crippen LogP contribution in [0.25, 0.3) is 0 Å². The summed E-state index contributed by atoms with van der Waals surface area (Å²) in [5.41, 5.74) is 0. The first-order valence-electron chi connectivity index (χ1n) is 26.9. The van der Waals surface area contributed by atoms with Crippen LogP contribution in [-0.2, 0) is 38.7 Å². The first-order valence-corrected chi connectivity index (χ1v) is 28.5. The zero-order chi connectivity index (χ0) is 48.4. The molecule has 1 aliphatic rings. The van der Waals surface area contributed by atoms with E-state index in [9.17, 15) is 37.9 Å². The van der Waals surface area contributed by atoms with Gasteiger partial charge in [-0.3, -0.25) is 14.1 Å². The van der Waals surface area contributed by atoms with Crippen molar-refractivity contribution in [1.29, 1.82) is 0 Å². The van der Waals surface area contributed by atoms with Crippen LogP contribution < -0.4 is 0 Å². The van der Waals surface area contributed by atoms with Crippen molar-refractivity contribution in [1.82, 2.24) is 0 Å². The van der Waals surface area contributed by atoms with Crippen LogP contribution in [0.5, 0.6) is 0 Å². The molecule has 1 aliphatic heterocycles. The zero-order valence-corrected chi connectivity index (χ0v) is 42.6. The molecule has 0 aromatic carbocycles. The molecule has 0 amide bonds. The number of ether oxygens (including phenoxy) is 4. The number of unbranched alkanes of at least 4 members (excludes halogenated alkanes) is 30. The predicted octanol–water partition coefficient (Wildman–Crippen LogP) is 12.3. The number of allylic oxidation sites excluding steroid dienone is 4. The Morgan fingerprint density at radius 1 is 0.500 bits per heavy atom. The van der Waals surface area contributed by atoms with Crippen molar-refractivity contribution in [2.24, 2.45) is 0 Å². The van der Waals surface area contributed by atoms with Gasteiger partial charge in [0.15, 0.2) is 12.4 Å². The molecule has 1 saturated heterocycles. The van der Waals surface area contributed by atoms with Gasteiger partial charge in [-0.25, -0.2) is 0 Å². The van der Waals surface area contributed by atoms with Gasteiger partial charge < -0.3 is 34.3 Å². The molecule has 0 aromatic heterocycles. The van der Waals surface area contributed by atoms with E-state index in [0.29, 0.717) is 12.8 Å². The van der Waals surface area contributed by atoms with Crippen LogP contribution in [0, 0.1) is 0 Å². The molecule has 0 spiro atoms. The maximum atomic E-state index is 12.8. The highest BCUT2D eigenvalue weighted by molar-refractivity contribution is 7.85. The van der Waals surface area contributed by atoms with E-state index in [-0.39, 0.29) is 19.4 Å². The average Bonchev–Trinajstić information content (AvgIpc) is 3.28. The zero-order valence-electron chi connectivity index (χ0n) is 41.8. The second kappa shape index (κ2) is 43.2. The van der Waals surface area contributed by atoms with E-state index >= 15 is 0 Å². The molecule has 1 fully saturated rings. The molecule has 12 nitrogen and oxygen atoms in total. The van der Waals surface area contributed by atoms with Gasteiger partial charge in [-0.05, 0) is 57.8 Å². The summed E-state index contributed by atoms with van der Waals surface area (Å²) in [5, 5.41) is 31.0. The molecule has 388 valence electrons. The molecule has 0 bridgehead atoms. The SMILES string of the molecule is CCCCCCCCCCC/C=C/CCCCC(=O)O[C@H](COC(=O)CCC/C=C/CCCCCCCCCCCCCCCCCCCC)CO[C@H]1O[C@H](CS(=O)(=O)O)[C@@H](O)C(O)C1O. The number of carbonyl (C=O) groups excluding carboxylic acids is 2. The molecule has 13 heteroatoms. The van der Waals surface area contributed by atoms with Crippen LogP contribution in [0.4, 0.5) is 0 Å². The minimum absolute atomic E-state index is 0.131. The van der Waals surface area contributed by atoms with Gasteiger partial charge >= 0.3 is 11.9 Å². The van der Waals surface area contributed by atoms with Crippen LogP contribution in [-0.4, -0.2) is 96.0 Å². The number of rotatable bonds is 46. The summed E-state index contributed by atoms with van der Waals surface area (Å²) < 4.78 is 54.2. The van der Waals surface area contributed by atoms with Gasteiger partial charge in [0.25, 0.3) is 10.1 Å². The molecule has 6 atom stereocenters. The van der Waals surface area contributed by atoms with Gasteiger partial charge in [0, 0.05) is 12.8 Å². The van der Waals surface area contributed by atoms with Crippen LogP contribution in [0.2, 0.25) is 0 Å².